The van der Waals surface area contributed by atoms with Gasteiger partial charge in [0.05, 0.1) is 12.1 Å². The Balaban J connectivity index is 0.00000288. The van der Waals surface area contributed by atoms with Crippen molar-refractivity contribution in [1.29, 1.82) is 0 Å². The van der Waals surface area contributed by atoms with Crippen LogP contribution in [0.25, 0.3) is 0 Å². The van der Waals surface area contributed by atoms with Gasteiger partial charge in [-0.15, -0.1) is 24.8 Å². The van der Waals surface area contributed by atoms with Crippen LogP contribution in [-0.4, -0.2) is 58.9 Å². The summed E-state index contributed by atoms with van der Waals surface area (Å²) < 4.78 is 1.80. The van der Waals surface area contributed by atoms with Gasteiger partial charge in [-0.25, -0.2) is 0 Å². The second-order valence-electron chi connectivity index (χ2n) is 7.03. The molecule has 0 saturated carbocycles. The van der Waals surface area contributed by atoms with Gasteiger partial charge < -0.3 is 10.6 Å². The molecule has 2 N–H and O–H groups in total. The Morgan fingerprint density at radius 1 is 1.32 bits per heavy atom. The highest BCUT2D eigenvalue weighted by molar-refractivity contribution is 5.85. The molecule has 1 saturated heterocycles. The molecule has 6 nitrogen and oxygen atoms in total. The first kappa shape index (κ1) is 24.2. The summed E-state index contributed by atoms with van der Waals surface area (Å²) >= 11 is 0. The van der Waals surface area contributed by atoms with Crippen molar-refractivity contribution in [3.05, 3.63) is 18.0 Å². The molecule has 1 aliphatic rings. The van der Waals surface area contributed by atoms with Crippen molar-refractivity contribution >= 4 is 30.7 Å². The third-order valence-electron chi connectivity index (χ3n) is 4.70. The smallest absolute Gasteiger partial charge is 0.225 e. The molecule has 1 aromatic rings. The number of hydrogen-bond acceptors (Lipinski definition) is 4. The molecule has 1 aromatic heterocycles. The maximum atomic E-state index is 12.6. The van der Waals surface area contributed by atoms with Gasteiger partial charge in [-0.3, -0.25) is 14.4 Å². The van der Waals surface area contributed by atoms with Crippen LogP contribution in [0.15, 0.2) is 12.4 Å². The lowest BCUT2D eigenvalue weighted by atomic mass is 9.90. The number of rotatable bonds is 7. The number of carbonyl (C=O) groups is 1. The SMILES string of the molecule is CC(C)N(CCNC(=O)[C@H]1CNC[C@@H]1c1cnn(C)c1)C(C)C.Cl.Cl. The predicted octanol–water partition coefficient (Wildman–Crippen LogP) is 1.80. The molecule has 25 heavy (non-hydrogen) atoms. The monoisotopic (exact) mass is 393 g/mol. The molecule has 1 amide bonds. The van der Waals surface area contributed by atoms with E-state index in [1.54, 1.807) is 4.68 Å². The maximum Gasteiger partial charge on any atom is 0.225 e. The van der Waals surface area contributed by atoms with E-state index in [-0.39, 0.29) is 42.6 Å². The number of carbonyl (C=O) groups excluding carboxylic acids is 1. The first-order valence-electron chi connectivity index (χ1n) is 8.62. The van der Waals surface area contributed by atoms with Crippen molar-refractivity contribution in [2.75, 3.05) is 26.2 Å². The van der Waals surface area contributed by atoms with Crippen molar-refractivity contribution in [2.24, 2.45) is 13.0 Å². The van der Waals surface area contributed by atoms with Crippen LogP contribution >= 0.6 is 24.8 Å². The fourth-order valence-corrected chi connectivity index (χ4v) is 3.49. The lowest BCUT2D eigenvalue weighted by Gasteiger charge is -2.30. The molecule has 0 aromatic carbocycles. The normalized spacial score (nSPS) is 19.8. The molecule has 0 unspecified atom stereocenters. The molecule has 8 heteroatoms. The van der Waals surface area contributed by atoms with Crippen molar-refractivity contribution in [3.8, 4) is 0 Å². The van der Waals surface area contributed by atoms with Gasteiger partial charge >= 0.3 is 0 Å². The molecular formula is C17H33Cl2N5O. The molecule has 146 valence electrons. The predicted molar refractivity (Wildman–Crippen MR) is 107 cm³/mol. The first-order chi connectivity index (χ1) is 10.9. The Hall–Kier alpha value is -0.820. The van der Waals surface area contributed by atoms with E-state index in [2.05, 4.69) is 48.3 Å². The van der Waals surface area contributed by atoms with Gasteiger partial charge in [-0.05, 0) is 33.3 Å². The van der Waals surface area contributed by atoms with Gasteiger partial charge in [-0.2, -0.15) is 5.10 Å². The van der Waals surface area contributed by atoms with Gasteiger partial charge in [-0.1, -0.05) is 0 Å². The van der Waals surface area contributed by atoms with Crippen molar-refractivity contribution in [1.82, 2.24) is 25.3 Å². The van der Waals surface area contributed by atoms with E-state index < -0.39 is 0 Å². The number of nitrogens with zero attached hydrogens (tertiary/aromatic N) is 3. The summed E-state index contributed by atoms with van der Waals surface area (Å²) in [6, 6.07) is 0.978. The van der Waals surface area contributed by atoms with E-state index in [1.165, 1.54) is 0 Å². The summed E-state index contributed by atoms with van der Waals surface area (Å²) in [5.41, 5.74) is 1.14. The molecule has 1 fully saturated rings. The topological polar surface area (TPSA) is 62.2 Å². The minimum absolute atomic E-state index is 0. The van der Waals surface area contributed by atoms with Gasteiger partial charge in [0.25, 0.3) is 0 Å². The van der Waals surface area contributed by atoms with Gasteiger partial charge in [0, 0.05) is 57.4 Å². The largest absolute Gasteiger partial charge is 0.355 e. The molecule has 2 heterocycles. The summed E-state index contributed by atoms with van der Waals surface area (Å²) in [4.78, 5) is 15.0. The van der Waals surface area contributed by atoms with Crippen LogP contribution in [-0.2, 0) is 11.8 Å². The van der Waals surface area contributed by atoms with Crippen LogP contribution in [0.5, 0.6) is 0 Å². The lowest BCUT2D eigenvalue weighted by Crippen LogP contribution is -2.44. The second-order valence-corrected chi connectivity index (χ2v) is 7.03. The van der Waals surface area contributed by atoms with Crippen molar-refractivity contribution in [2.45, 2.75) is 45.7 Å². The second kappa shape index (κ2) is 11.0. The minimum Gasteiger partial charge on any atom is -0.355 e. The standard InChI is InChI=1S/C17H31N5O.2ClH/c1-12(2)22(13(3)4)7-6-19-17(23)16-10-18-9-15(16)14-8-20-21(5)11-14;;/h8,11-13,15-16,18H,6-7,9-10H2,1-5H3,(H,19,23);2*1H/t15-,16+;;/m1../s1. The van der Waals surface area contributed by atoms with E-state index in [0.29, 0.717) is 18.6 Å². The molecular weight excluding hydrogens is 361 g/mol. The van der Waals surface area contributed by atoms with Gasteiger partial charge in [0.15, 0.2) is 0 Å². The quantitative estimate of drug-likeness (QED) is 0.741. The van der Waals surface area contributed by atoms with E-state index in [0.717, 1.165) is 25.2 Å². The highest BCUT2D eigenvalue weighted by atomic mass is 35.5. The lowest BCUT2D eigenvalue weighted by molar-refractivity contribution is -0.124. The first-order valence-corrected chi connectivity index (χ1v) is 8.62. The summed E-state index contributed by atoms with van der Waals surface area (Å²) in [7, 11) is 1.91. The number of aryl methyl sites for hydroxylation is 1. The van der Waals surface area contributed by atoms with Gasteiger partial charge in [0.1, 0.15) is 0 Å². The molecule has 1 aliphatic heterocycles. The molecule has 2 rings (SSSR count). The Labute approximate surface area is 163 Å². The van der Waals surface area contributed by atoms with Gasteiger partial charge in [0.2, 0.25) is 5.91 Å². The van der Waals surface area contributed by atoms with E-state index in [9.17, 15) is 4.79 Å². The van der Waals surface area contributed by atoms with Crippen LogP contribution in [0.1, 0.15) is 39.2 Å². The third kappa shape index (κ3) is 6.44. The fourth-order valence-electron chi connectivity index (χ4n) is 3.49. The van der Waals surface area contributed by atoms with Crippen LogP contribution < -0.4 is 10.6 Å². The van der Waals surface area contributed by atoms with Crippen LogP contribution in [0.3, 0.4) is 0 Å². The highest BCUT2D eigenvalue weighted by Crippen LogP contribution is 2.27. The Morgan fingerprint density at radius 2 is 1.96 bits per heavy atom. The van der Waals surface area contributed by atoms with Crippen LogP contribution in [0.2, 0.25) is 0 Å². The van der Waals surface area contributed by atoms with E-state index >= 15 is 0 Å². The minimum atomic E-state index is -0.00856. The molecule has 0 bridgehead atoms. The van der Waals surface area contributed by atoms with Crippen molar-refractivity contribution in [3.63, 3.8) is 0 Å². The Kier molecular flexibility index (Phi) is 10.7. The number of halogens is 2. The summed E-state index contributed by atoms with van der Waals surface area (Å²) in [5, 5.41) is 10.7. The van der Waals surface area contributed by atoms with Crippen LogP contribution in [0, 0.1) is 5.92 Å². The summed E-state index contributed by atoms with van der Waals surface area (Å²) in [6.07, 6.45) is 3.88. The van der Waals surface area contributed by atoms with E-state index in [1.807, 2.05) is 19.4 Å². The molecule has 0 aliphatic carbocycles. The zero-order chi connectivity index (χ0) is 17.0. The average molecular weight is 394 g/mol. The Morgan fingerprint density at radius 3 is 2.48 bits per heavy atom. The number of aromatic nitrogens is 2. The zero-order valence-corrected chi connectivity index (χ0v) is 17.5. The van der Waals surface area contributed by atoms with E-state index in [4.69, 9.17) is 0 Å². The van der Waals surface area contributed by atoms with Crippen LogP contribution in [0.4, 0.5) is 0 Å². The highest BCUT2D eigenvalue weighted by Gasteiger charge is 2.34. The Bertz CT molecular complexity index is 513. The summed E-state index contributed by atoms with van der Waals surface area (Å²) in [5.74, 6) is 0.358. The number of nitrogens with one attached hydrogen (secondary N) is 2. The molecule has 0 radical (unpaired) electrons. The molecule has 2 atom stereocenters. The zero-order valence-electron chi connectivity index (χ0n) is 15.9. The number of amides is 1. The third-order valence-corrected chi connectivity index (χ3v) is 4.70. The number of hydrogen-bond donors (Lipinski definition) is 2. The maximum absolute atomic E-state index is 12.6. The summed E-state index contributed by atoms with van der Waals surface area (Å²) in [6.45, 7) is 12.0. The fraction of sp³-hybridized carbons (Fsp3) is 0.765. The van der Waals surface area contributed by atoms with Crippen molar-refractivity contribution < 1.29 is 4.79 Å². The average Bonchev–Trinajstić information content (AvgIpc) is 3.10. The molecule has 0 spiro atoms.